The number of nitrogens with two attached hydrogens (primary N) is 1. The molecule has 0 radical (unpaired) electrons. The number of hydrogen-bond acceptors (Lipinski definition) is 8. The lowest BCUT2D eigenvalue weighted by molar-refractivity contribution is -0.157. The summed E-state index contributed by atoms with van der Waals surface area (Å²) in [6, 6.07) is 3.32. The fraction of sp³-hybridized carbons (Fsp3) is 0.688. The van der Waals surface area contributed by atoms with Crippen LogP contribution in [0.15, 0.2) is 18.2 Å². The van der Waals surface area contributed by atoms with Crippen molar-refractivity contribution in [1.29, 1.82) is 0 Å². The Morgan fingerprint density at radius 2 is 1.41 bits per heavy atom. The third-order valence-electron chi connectivity index (χ3n) is 8.24. The topological polar surface area (TPSA) is 142 Å². The van der Waals surface area contributed by atoms with Crippen molar-refractivity contribution in [3.05, 3.63) is 23.8 Å². The second kappa shape index (κ2) is 16.5. The molecule has 0 aliphatic heterocycles. The van der Waals surface area contributed by atoms with Crippen molar-refractivity contribution in [3.63, 3.8) is 0 Å². The van der Waals surface area contributed by atoms with Gasteiger partial charge in [0, 0.05) is 11.8 Å². The molecule has 0 aromatic heterocycles. The van der Waals surface area contributed by atoms with E-state index >= 15 is 0 Å². The second-order valence-corrected chi connectivity index (χ2v) is 11.7. The molecule has 0 heterocycles. The zero-order chi connectivity index (χ0) is 30.7. The molecule has 0 saturated heterocycles. The van der Waals surface area contributed by atoms with E-state index in [4.69, 9.17) is 19.9 Å². The molecule has 2 rings (SSSR count). The molecule has 3 N–H and O–H groups in total. The molecule has 230 valence electrons. The minimum absolute atomic E-state index is 0.0224. The molecule has 9 heteroatoms. The van der Waals surface area contributed by atoms with Gasteiger partial charge >= 0.3 is 23.9 Å². The van der Waals surface area contributed by atoms with Crippen molar-refractivity contribution in [2.24, 2.45) is 29.4 Å². The highest BCUT2D eigenvalue weighted by atomic mass is 16.6. The Labute approximate surface area is 244 Å². The summed E-state index contributed by atoms with van der Waals surface area (Å²) in [6.07, 6.45) is 6.91. The van der Waals surface area contributed by atoms with E-state index in [-0.39, 0.29) is 35.2 Å². The predicted octanol–water partition coefficient (Wildman–Crippen LogP) is 6.01. The largest absolute Gasteiger partial charge is 0.480 e. The first-order valence-electron chi connectivity index (χ1n) is 15.2. The van der Waals surface area contributed by atoms with Gasteiger partial charge in [0.1, 0.15) is 12.1 Å². The van der Waals surface area contributed by atoms with Crippen LogP contribution < -0.4 is 15.2 Å². The summed E-state index contributed by atoms with van der Waals surface area (Å²) >= 11 is 0. The van der Waals surface area contributed by atoms with Crippen LogP contribution in [0.5, 0.6) is 11.5 Å². The number of aliphatic carboxylic acids is 1. The van der Waals surface area contributed by atoms with Gasteiger partial charge in [-0.15, -0.1) is 0 Å². The molecule has 0 amide bonds. The van der Waals surface area contributed by atoms with Gasteiger partial charge in [-0.05, 0) is 50.3 Å². The molecule has 5 unspecified atom stereocenters. The SMILES string of the molecule is CCCC(C)C(=O)Oc1ccc(C(C(C)C(C)OC(=O)C2CCCCC2)[C@H](N)C(=O)O)cc1OC(=O)C(C)CCC. The molecule has 1 saturated carbocycles. The van der Waals surface area contributed by atoms with Crippen LogP contribution in [-0.4, -0.2) is 41.1 Å². The van der Waals surface area contributed by atoms with Gasteiger partial charge < -0.3 is 25.1 Å². The van der Waals surface area contributed by atoms with Crippen molar-refractivity contribution < 1.29 is 38.5 Å². The van der Waals surface area contributed by atoms with Crippen LogP contribution in [0.2, 0.25) is 0 Å². The number of benzene rings is 1. The zero-order valence-corrected chi connectivity index (χ0v) is 25.5. The highest BCUT2D eigenvalue weighted by molar-refractivity contribution is 5.79. The lowest BCUT2D eigenvalue weighted by Crippen LogP contribution is -2.43. The number of carboxylic acids is 1. The lowest BCUT2D eigenvalue weighted by Gasteiger charge is -2.33. The van der Waals surface area contributed by atoms with Crippen LogP contribution in [0.1, 0.15) is 111 Å². The van der Waals surface area contributed by atoms with Crippen LogP contribution in [0.25, 0.3) is 0 Å². The summed E-state index contributed by atoms with van der Waals surface area (Å²) in [4.78, 5) is 50.5. The molecular formula is C32H49NO8. The smallest absolute Gasteiger partial charge is 0.321 e. The predicted molar refractivity (Wildman–Crippen MR) is 156 cm³/mol. The summed E-state index contributed by atoms with van der Waals surface area (Å²) in [5.74, 6) is -4.49. The third kappa shape index (κ3) is 9.83. The molecule has 1 aliphatic rings. The summed E-state index contributed by atoms with van der Waals surface area (Å²) in [5.41, 5.74) is 6.68. The Hall–Kier alpha value is -2.94. The van der Waals surface area contributed by atoms with Crippen LogP contribution in [0.4, 0.5) is 0 Å². The van der Waals surface area contributed by atoms with Gasteiger partial charge in [-0.3, -0.25) is 19.2 Å². The van der Waals surface area contributed by atoms with E-state index < -0.39 is 41.9 Å². The fourth-order valence-corrected chi connectivity index (χ4v) is 5.42. The number of carbonyl (C=O) groups excluding carboxylic acids is 3. The molecule has 1 aromatic carbocycles. The maximum absolute atomic E-state index is 12.9. The molecular weight excluding hydrogens is 526 g/mol. The van der Waals surface area contributed by atoms with Crippen LogP contribution in [0, 0.1) is 23.7 Å². The standard InChI is InChI=1S/C32H49NO8/c1-7-12-19(3)30(36)40-25-17-16-24(18-26(25)41-31(37)20(4)13-8-2)27(28(33)29(34)35)21(5)22(6)39-32(38)23-14-10-9-11-15-23/h16-23,27-28H,7-15,33H2,1-6H3,(H,34,35)/t19?,20?,21?,22?,27?,28-/m0/s1. The lowest BCUT2D eigenvalue weighted by atomic mass is 9.79. The molecule has 0 spiro atoms. The minimum Gasteiger partial charge on any atom is -0.480 e. The zero-order valence-electron chi connectivity index (χ0n) is 25.5. The quantitative estimate of drug-likeness (QED) is 0.190. The number of ether oxygens (including phenoxy) is 3. The maximum Gasteiger partial charge on any atom is 0.321 e. The van der Waals surface area contributed by atoms with E-state index in [0.29, 0.717) is 18.4 Å². The summed E-state index contributed by atoms with van der Waals surface area (Å²) in [7, 11) is 0. The van der Waals surface area contributed by atoms with Crippen LogP contribution >= 0.6 is 0 Å². The summed E-state index contributed by atoms with van der Waals surface area (Å²) in [5, 5.41) is 9.87. The van der Waals surface area contributed by atoms with E-state index in [9.17, 15) is 24.3 Å². The van der Waals surface area contributed by atoms with Crippen molar-refractivity contribution in [1.82, 2.24) is 0 Å². The monoisotopic (exact) mass is 575 g/mol. The van der Waals surface area contributed by atoms with Crippen LogP contribution in [-0.2, 0) is 23.9 Å². The third-order valence-corrected chi connectivity index (χ3v) is 8.24. The van der Waals surface area contributed by atoms with Gasteiger partial charge in [0.15, 0.2) is 11.5 Å². The van der Waals surface area contributed by atoms with Crippen molar-refractivity contribution in [2.75, 3.05) is 0 Å². The van der Waals surface area contributed by atoms with Crippen molar-refractivity contribution >= 4 is 23.9 Å². The number of hydrogen-bond donors (Lipinski definition) is 2. The van der Waals surface area contributed by atoms with Crippen molar-refractivity contribution in [3.8, 4) is 11.5 Å². The Balaban J connectivity index is 2.43. The molecule has 0 bridgehead atoms. The summed E-state index contributed by atoms with van der Waals surface area (Å²) in [6.45, 7) is 11.0. The maximum atomic E-state index is 12.9. The Morgan fingerprint density at radius 1 is 0.878 bits per heavy atom. The van der Waals surface area contributed by atoms with E-state index in [2.05, 4.69) is 0 Å². The Bertz CT molecular complexity index is 1030. The molecule has 6 atom stereocenters. The summed E-state index contributed by atoms with van der Waals surface area (Å²) < 4.78 is 17.2. The molecule has 41 heavy (non-hydrogen) atoms. The van der Waals surface area contributed by atoms with Gasteiger partial charge in [0.2, 0.25) is 0 Å². The Kier molecular flexibility index (Phi) is 13.8. The first kappa shape index (κ1) is 34.3. The minimum atomic E-state index is -1.33. The van der Waals surface area contributed by atoms with Gasteiger partial charge in [-0.2, -0.15) is 0 Å². The van der Waals surface area contributed by atoms with Gasteiger partial charge in [-0.25, -0.2) is 0 Å². The average Bonchev–Trinajstić information content (AvgIpc) is 2.94. The van der Waals surface area contributed by atoms with Gasteiger partial charge in [0.25, 0.3) is 0 Å². The van der Waals surface area contributed by atoms with E-state index in [1.807, 2.05) is 13.8 Å². The molecule has 1 aromatic rings. The normalized spacial score (nSPS) is 18.3. The highest BCUT2D eigenvalue weighted by Crippen LogP contribution is 2.38. The van der Waals surface area contributed by atoms with Crippen molar-refractivity contribution in [2.45, 2.75) is 117 Å². The second-order valence-electron chi connectivity index (χ2n) is 11.7. The highest BCUT2D eigenvalue weighted by Gasteiger charge is 2.37. The van der Waals surface area contributed by atoms with Gasteiger partial charge in [0.05, 0.1) is 17.8 Å². The first-order valence-corrected chi connectivity index (χ1v) is 15.2. The number of carboxylic acid groups (broad SMARTS) is 1. The van der Waals surface area contributed by atoms with E-state index in [0.717, 1.165) is 44.9 Å². The first-order chi connectivity index (χ1) is 19.4. The number of carbonyl (C=O) groups is 4. The van der Waals surface area contributed by atoms with E-state index in [1.54, 1.807) is 33.8 Å². The molecule has 9 nitrogen and oxygen atoms in total. The molecule has 1 aliphatic carbocycles. The number of esters is 3. The molecule has 1 fully saturated rings. The average molecular weight is 576 g/mol. The Morgan fingerprint density at radius 3 is 1.93 bits per heavy atom. The van der Waals surface area contributed by atoms with Gasteiger partial charge in [-0.1, -0.05) is 72.8 Å². The number of rotatable bonds is 15. The van der Waals surface area contributed by atoms with E-state index in [1.165, 1.54) is 12.1 Å². The van der Waals surface area contributed by atoms with Crippen LogP contribution in [0.3, 0.4) is 0 Å². The fourth-order valence-electron chi connectivity index (χ4n) is 5.42.